The summed E-state index contributed by atoms with van der Waals surface area (Å²) in [6, 6.07) is 8.33. The molecular weight excluding hydrogens is 415 g/mol. The fourth-order valence-electron chi connectivity index (χ4n) is 3.64. The van der Waals surface area contributed by atoms with E-state index in [-0.39, 0.29) is 17.2 Å². The van der Waals surface area contributed by atoms with Crippen molar-refractivity contribution < 1.29 is 22.8 Å². The number of nitrogens with zero attached hydrogens (tertiary/aromatic N) is 1. The maximum Gasteiger partial charge on any atom is 0.416 e. The smallest absolute Gasteiger partial charge is 0.370 e. The number of carbonyl (C=O) groups excluding carboxylic acids is 2. The van der Waals surface area contributed by atoms with Crippen LogP contribution in [0.1, 0.15) is 35.2 Å². The number of rotatable bonds is 3. The number of benzene rings is 2. The Morgan fingerprint density at radius 1 is 1.07 bits per heavy atom. The van der Waals surface area contributed by atoms with Crippen molar-refractivity contribution in [2.45, 2.75) is 30.3 Å². The first kappa shape index (κ1) is 20.6. The fourth-order valence-corrected chi connectivity index (χ4v) is 4.43. The van der Waals surface area contributed by atoms with Crippen molar-refractivity contribution >= 4 is 40.6 Å². The van der Waals surface area contributed by atoms with E-state index in [1.165, 1.54) is 17.8 Å². The Labute approximate surface area is 176 Å². The van der Waals surface area contributed by atoms with Gasteiger partial charge in [-0.3, -0.25) is 9.59 Å². The van der Waals surface area contributed by atoms with Gasteiger partial charge in [0.15, 0.2) is 0 Å². The predicted octanol–water partition coefficient (Wildman–Crippen LogP) is 4.99. The van der Waals surface area contributed by atoms with Crippen molar-refractivity contribution in [2.75, 3.05) is 34.4 Å². The number of alkyl halides is 3. The van der Waals surface area contributed by atoms with E-state index in [1.54, 1.807) is 18.2 Å². The number of amides is 2. The van der Waals surface area contributed by atoms with Gasteiger partial charge in [0.25, 0.3) is 5.91 Å². The number of thioether (sulfide) groups is 1. The van der Waals surface area contributed by atoms with Gasteiger partial charge in [0.1, 0.15) is 0 Å². The summed E-state index contributed by atoms with van der Waals surface area (Å²) in [7, 11) is 0. The molecule has 9 heteroatoms. The molecule has 2 heterocycles. The molecule has 0 aliphatic carbocycles. The number of fused-ring (bicyclic) bond motifs is 1. The minimum absolute atomic E-state index is 0.132. The third kappa shape index (κ3) is 4.40. The van der Waals surface area contributed by atoms with E-state index >= 15 is 0 Å². The molecule has 2 aromatic rings. The summed E-state index contributed by atoms with van der Waals surface area (Å²) < 4.78 is 39.8. The van der Waals surface area contributed by atoms with Crippen LogP contribution in [0.25, 0.3) is 0 Å². The highest BCUT2D eigenvalue weighted by Gasteiger charge is 2.32. The summed E-state index contributed by atoms with van der Waals surface area (Å²) in [6.07, 6.45) is -1.52. The minimum Gasteiger partial charge on any atom is -0.370 e. The molecule has 5 nitrogen and oxygen atoms in total. The van der Waals surface area contributed by atoms with Crippen LogP contribution in [0, 0.1) is 0 Å². The third-order valence-corrected chi connectivity index (χ3v) is 6.22. The lowest BCUT2D eigenvalue weighted by Crippen LogP contribution is -2.30. The summed E-state index contributed by atoms with van der Waals surface area (Å²) in [4.78, 5) is 27.3. The SMILES string of the molecule is O=C1CSc2ccc(C(=O)Nc3cc(C(F)(F)F)ccc3N3CCCCC3)cc2N1. The van der Waals surface area contributed by atoms with Crippen molar-refractivity contribution in [3.05, 3.63) is 47.5 Å². The standard InChI is InChI=1S/C21H20F3N3O2S/c22-21(23,24)14-5-6-17(27-8-2-1-3-9-27)15(11-14)26-20(29)13-4-7-18-16(10-13)25-19(28)12-30-18/h4-7,10-11H,1-3,8-9,12H2,(H,25,28)(H,26,29). The Balaban J connectivity index is 1.64. The number of piperidine rings is 1. The van der Waals surface area contributed by atoms with Gasteiger partial charge in [-0.25, -0.2) is 0 Å². The zero-order valence-electron chi connectivity index (χ0n) is 16.0. The molecule has 4 rings (SSSR count). The fraction of sp³-hybridized carbons (Fsp3) is 0.333. The van der Waals surface area contributed by atoms with E-state index in [2.05, 4.69) is 10.6 Å². The maximum atomic E-state index is 13.3. The Kier molecular flexibility index (Phi) is 5.64. The van der Waals surface area contributed by atoms with Gasteiger partial charge < -0.3 is 15.5 Å². The number of hydrogen-bond acceptors (Lipinski definition) is 4. The third-order valence-electron chi connectivity index (χ3n) is 5.14. The molecule has 0 radical (unpaired) electrons. The second-order valence-corrected chi connectivity index (χ2v) is 8.30. The minimum atomic E-state index is -4.51. The van der Waals surface area contributed by atoms with Crippen LogP contribution in [-0.2, 0) is 11.0 Å². The molecule has 158 valence electrons. The molecule has 0 aromatic heterocycles. The molecular formula is C21H20F3N3O2S. The van der Waals surface area contributed by atoms with Crippen LogP contribution in [-0.4, -0.2) is 30.7 Å². The molecule has 2 N–H and O–H groups in total. The van der Waals surface area contributed by atoms with Gasteiger partial charge in [-0.2, -0.15) is 13.2 Å². The number of halogens is 3. The van der Waals surface area contributed by atoms with Crippen LogP contribution in [0.5, 0.6) is 0 Å². The van der Waals surface area contributed by atoms with Crippen molar-refractivity contribution in [3.8, 4) is 0 Å². The van der Waals surface area contributed by atoms with Gasteiger partial charge in [0.2, 0.25) is 5.91 Å². The number of nitrogens with one attached hydrogen (secondary N) is 2. The first-order valence-electron chi connectivity index (χ1n) is 9.65. The topological polar surface area (TPSA) is 61.4 Å². The van der Waals surface area contributed by atoms with E-state index in [9.17, 15) is 22.8 Å². The molecule has 0 bridgehead atoms. The second kappa shape index (κ2) is 8.22. The van der Waals surface area contributed by atoms with Gasteiger partial charge in [0, 0.05) is 23.5 Å². The largest absolute Gasteiger partial charge is 0.416 e. The van der Waals surface area contributed by atoms with Crippen LogP contribution in [0.15, 0.2) is 41.3 Å². The van der Waals surface area contributed by atoms with E-state index in [0.717, 1.165) is 49.4 Å². The highest BCUT2D eigenvalue weighted by molar-refractivity contribution is 8.00. The molecule has 2 aromatic carbocycles. The Morgan fingerprint density at radius 2 is 1.83 bits per heavy atom. The lowest BCUT2D eigenvalue weighted by Gasteiger charge is -2.31. The average molecular weight is 435 g/mol. The maximum absolute atomic E-state index is 13.3. The van der Waals surface area contributed by atoms with Crippen molar-refractivity contribution in [2.24, 2.45) is 0 Å². The molecule has 1 fully saturated rings. The predicted molar refractivity (Wildman–Crippen MR) is 111 cm³/mol. The van der Waals surface area contributed by atoms with Crippen LogP contribution in [0.2, 0.25) is 0 Å². The molecule has 2 amide bonds. The van der Waals surface area contributed by atoms with Gasteiger partial charge in [-0.15, -0.1) is 11.8 Å². The molecule has 2 aliphatic heterocycles. The van der Waals surface area contributed by atoms with Gasteiger partial charge in [-0.05, 0) is 55.7 Å². The van der Waals surface area contributed by atoms with E-state index in [1.807, 2.05) is 4.90 Å². The molecule has 0 unspecified atom stereocenters. The van der Waals surface area contributed by atoms with Gasteiger partial charge >= 0.3 is 6.18 Å². The zero-order chi connectivity index (χ0) is 21.3. The first-order chi connectivity index (χ1) is 14.3. The quantitative estimate of drug-likeness (QED) is 0.713. The van der Waals surface area contributed by atoms with Gasteiger partial charge in [-0.1, -0.05) is 0 Å². The summed E-state index contributed by atoms with van der Waals surface area (Å²) in [6.45, 7) is 1.46. The monoisotopic (exact) mass is 435 g/mol. The van der Waals surface area contributed by atoms with Crippen LogP contribution < -0.4 is 15.5 Å². The van der Waals surface area contributed by atoms with E-state index in [4.69, 9.17) is 0 Å². The Bertz CT molecular complexity index is 988. The Morgan fingerprint density at radius 3 is 2.57 bits per heavy atom. The lowest BCUT2D eigenvalue weighted by atomic mass is 10.1. The van der Waals surface area contributed by atoms with Crippen LogP contribution in [0.3, 0.4) is 0 Å². The van der Waals surface area contributed by atoms with Crippen molar-refractivity contribution in [1.82, 2.24) is 0 Å². The van der Waals surface area contributed by atoms with Crippen molar-refractivity contribution in [1.29, 1.82) is 0 Å². The highest BCUT2D eigenvalue weighted by atomic mass is 32.2. The van der Waals surface area contributed by atoms with E-state index < -0.39 is 17.6 Å². The summed E-state index contributed by atoms with van der Waals surface area (Å²) in [5.74, 6) is -0.377. The van der Waals surface area contributed by atoms with Crippen LogP contribution in [0.4, 0.5) is 30.2 Å². The normalized spacial score (nSPS) is 16.6. The number of hydrogen-bond donors (Lipinski definition) is 2. The molecule has 0 spiro atoms. The van der Waals surface area contributed by atoms with Gasteiger partial charge in [0.05, 0.1) is 28.4 Å². The summed E-state index contributed by atoms with van der Waals surface area (Å²) in [5, 5.41) is 5.37. The summed E-state index contributed by atoms with van der Waals surface area (Å²) in [5.41, 5.74) is 0.696. The molecule has 1 saturated heterocycles. The van der Waals surface area contributed by atoms with Crippen LogP contribution >= 0.6 is 11.8 Å². The number of anilines is 3. The number of carbonyl (C=O) groups is 2. The Hall–Kier alpha value is -2.68. The molecule has 30 heavy (non-hydrogen) atoms. The molecule has 0 atom stereocenters. The highest BCUT2D eigenvalue weighted by Crippen LogP contribution is 2.37. The van der Waals surface area contributed by atoms with E-state index in [0.29, 0.717) is 17.1 Å². The second-order valence-electron chi connectivity index (χ2n) is 7.28. The zero-order valence-corrected chi connectivity index (χ0v) is 16.8. The lowest BCUT2D eigenvalue weighted by molar-refractivity contribution is -0.137. The first-order valence-corrected chi connectivity index (χ1v) is 10.6. The summed E-state index contributed by atoms with van der Waals surface area (Å²) >= 11 is 1.37. The molecule has 2 aliphatic rings. The average Bonchev–Trinajstić information content (AvgIpc) is 2.73. The molecule has 0 saturated carbocycles. The van der Waals surface area contributed by atoms with Crippen molar-refractivity contribution in [3.63, 3.8) is 0 Å².